The third-order valence-corrected chi connectivity index (χ3v) is 9.34. The molecule has 4 rings (SSSR count). The molecular weight excluding hydrogens is 594 g/mol. The largest absolute Gasteiger partial charge is 0.354 e. The molecule has 0 saturated heterocycles. The highest BCUT2D eigenvalue weighted by Gasteiger charge is 2.35. The quantitative estimate of drug-likeness (QED) is 0.187. The van der Waals surface area contributed by atoms with Gasteiger partial charge in [-0.3, -0.25) is 13.9 Å². The molecule has 0 bridgehead atoms. The van der Waals surface area contributed by atoms with E-state index < -0.39 is 28.5 Å². The first kappa shape index (κ1) is 32.8. The topological polar surface area (TPSA) is 86.8 Å². The summed E-state index contributed by atoms with van der Waals surface area (Å²) in [6.07, 6.45) is 0.972. The lowest BCUT2D eigenvalue weighted by Gasteiger charge is -2.34. The molecule has 230 valence electrons. The van der Waals surface area contributed by atoms with E-state index in [2.05, 4.69) is 5.32 Å². The smallest absolute Gasteiger partial charge is 0.264 e. The Bertz CT molecular complexity index is 1680. The molecule has 7 nitrogen and oxygen atoms in total. The molecule has 2 amide bonds. The molecule has 0 heterocycles. The second-order valence-electron chi connectivity index (χ2n) is 10.8. The van der Waals surface area contributed by atoms with Gasteiger partial charge >= 0.3 is 0 Å². The van der Waals surface area contributed by atoms with Gasteiger partial charge in [-0.2, -0.15) is 0 Å². The lowest BCUT2D eigenvalue weighted by atomic mass is 10.0. The number of hydrogen-bond donors (Lipinski definition) is 1. The SMILES string of the molecule is CCCNC(=O)[C@H](Cc1ccccc1)N(Cc1cccc(Cl)c1)C(=O)CN(c1ccccc1C)S(=O)(=O)c1ccc(C)cc1. The summed E-state index contributed by atoms with van der Waals surface area (Å²) in [6, 6.07) is 29.2. The van der Waals surface area contributed by atoms with Crippen molar-refractivity contribution in [1.29, 1.82) is 0 Å². The van der Waals surface area contributed by atoms with Crippen molar-refractivity contribution in [3.63, 3.8) is 0 Å². The van der Waals surface area contributed by atoms with Gasteiger partial charge < -0.3 is 10.2 Å². The maximum atomic E-state index is 14.5. The molecule has 0 aliphatic carbocycles. The molecule has 0 saturated carbocycles. The van der Waals surface area contributed by atoms with Crippen molar-refractivity contribution in [1.82, 2.24) is 10.2 Å². The van der Waals surface area contributed by atoms with Crippen LogP contribution in [-0.4, -0.2) is 44.3 Å². The van der Waals surface area contributed by atoms with E-state index in [0.29, 0.717) is 22.8 Å². The molecule has 4 aromatic rings. The highest BCUT2D eigenvalue weighted by Crippen LogP contribution is 2.28. The van der Waals surface area contributed by atoms with Crippen molar-refractivity contribution in [2.75, 3.05) is 17.4 Å². The first-order valence-electron chi connectivity index (χ1n) is 14.6. The highest BCUT2D eigenvalue weighted by molar-refractivity contribution is 7.92. The van der Waals surface area contributed by atoms with E-state index in [1.807, 2.05) is 56.3 Å². The molecule has 0 unspecified atom stereocenters. The summed E-state index contributed by atoms with van der Waals surface area (Å²) in [4.78, 5) is 29.7. The second kappa shape index (κ2) is 15.0. The van der Waals surface area contributed by atoms with Crippen molar-refractivity contribution < 1.29 is 18.0 Å². The van der Waals surface area contributed by atoms with Crippen molar-refractivity contribution in [3.8, 4) is 0 Å². The summed E-state index contributed by atoms with van der Waals surface area (Å²) in [5, 5.41) is 3.44. The average molecular weight is 632 g/mol. The maximum Gasteiger partial charge on any atom is 0.264 e. The zero-order valence-electron chi connectivity index (χ0n) is 25.2. The standard InChI is InChI=1S/C35H38ClN3O4S/c1-4-21-37-35(41)33(23-28-12-6-5-7-13-28)38(24-29-14-10-15-30(36)22-29)34(40)25-39(32-16-9-8-11-27(32)3)44(42,43)31-19-17-26(2)18-20-31/h5-20,22,33H,4,21,23-25H2,1-3H3,(H,37,41)/t33-/m0/s1. The molecule has 9 heteroatoms. The molecule has 0 spiro atoms. The number of para-hydroxylation sites is 1. The summed E-state index contributed by atoms with van der Waals surface area (Å²) in [5.41, 5.74) is 3.59. The molecule has 44 heavy (non-hydrogen) atoms. The summed E-state index contributed by atoms with van der Waals surface area (Å²) < 4.78 is 29.4. The lowest BCUT2D eigenvalue weighted by Crippen LogP contribution is -2.53. The van der Waals surface area contributed by atoms with Gasteiger partial charge in [0.05, 0.1) is 10.6 Å². The van der Waals surface area contributed by atoms with Crippen LogP contribution in [0, 0.1) is 13.8 Å². The van der Waals surface area contributed by atoms with Crippen LogP contribution in [0.25, 0.3) is 0 Å². The molecule has 0 aliphatic heterocycles. The average Bonchev–Trinajstić information content (AvgIpc) is 3.01. The normalized spacial score (nSPS) is 11.9. The fourth-order valence-corrected chi connectivity index (χ4v) is 6.64. The van der Waals surface area contributed by atoms with Crippen LogP contribution in [0.5, 0.6) is 0 Å². The Morgan fingerprint density at radius 1 is 0.841 bits per heavy atom. The Kier molecular flexibility index (Phi) is 11.2. The minimum atomic E-state index is -4.16. The van der Waals surface area contributed by atoms with Gasteiger partial charge in [0.25, 0.3) is 10.0 Å². The van der Waals surface area contributed by atoms with Crippen LogP contribution < -0.4 is 9.62 Å². The number of benzene rings is 4. The summed E-state index contributed by atoms with van der Waals surface area (Å²) in [7, 11) is -4.16. The number of carbonyl (C=O) groups is 2. The first-order valence-corrected chi connectivity index (χ1v) is 16.4. The van der Waals surface area contributed by atoms with E-state index in [4.69, 9.17) is 11.6 Å². The second-order valence-corrected chi connectivity index (χ2v) is 13.1. The van der Waals surface area contributed by atoms with Crippen LogP contribution in [0.15, 0.2) is 108 Å². The fraction of sp³-hybridized carbons (Fsp3) is 0.257. The highest BCUT2D eigenvalue weighted by atomic mass is 35.5. The minimum Gasteiger partial charge on any atom is -0.354 e. The van der Waals surface area contributed by atoms with Gasteiger partial charge in [0.1, 0.15) is 12.6 Å². The molecule has 1 atom stereocenters. The Morgan fingerprint density at radius 3 is 2.16 bits per heavy atom. The third kappa shape index (κ3) is 8.27. The summed E-state index contributed by atoms with van der Waals surface area (Å²) >= 11 is 6.30. The molecule has 0 radical (unpaired) electrons. The van der Waals surface area contributed by atoms with Gasteiger partial charge in [0.2, 0.25) is 11.8 Å². The molecule has 0 fully saturated rings. The summed E-state index contributed by atoms with van der Waals surface area (Å²) in [5.74, 6) is -0.827. The van der Waals surface area contributed by atoms with Crippen LogP contribution >= 0.6 is 11.6 Å². The molecular formula is C35H38ClN3O4S. The van der Waals surface area contributed by atoms with Gasteiger partial charge in [-0.25, -0.2) is 8.42 Å². The van der Waals surface area contributed by atoms with Gasteiger partial charge in [-0.05, 0) is 67.3 Å². The number of nitrogens with one attached hydrogen (secondary N) is 1. The van der Waals surface area contributed by atoms with E-state index in [9.17, 15) is 18.0 Å². The number of sulfonamides is 1. The number of carbonyl (C=O) groups excluding carboxylic acids is 2. The number of rotatable bonds is 13. The molecule has 1 N–H and O–H groups in total. The fourth-order valence-electron chi connectivity index (χ4n) is 4.95. The van der Waals surface area contributed by atoms with E-state index in [-0.39, 0.29) is 23.8 Å². The monoisotopic (exact) mass is 631 g/mol. The Labute approximate surface area is 265 Å². The lowest BCUT2D eigenvalue weighted by molar-refractivity contribution is -0.140. The molecule has 0 aromatic heterocycles. The van der Waals surface area contributed by atoms with Crippen molar-refractivity contribution in [2.24, 2.45) is 0 Å². The van der Waals surface area contributed by atoms with Crippen molar-refractivity contribution in [3.05, 3.63) is 130 Å². The van der Waals surface area contributed by atoms with E-state index >= 15 is 0 Å². The molecule has 4 aromatic carbocycles. The van der Waals surface area contributed by atoms with Crippen LogP contribution in [0.3, 0.4) is 0 Å². The molecule has 0 aliphatic rings. The number of amides is 2. The van der Waals surface area contributed by atoms with Gasteiger partial charge in [-0.15, -0.1) is 0 Å². The van der Waals surface area contributed by atoms with Gasteiger partial charge in [-0.1, -0.05) is 96.9 Å². The predicted molar refractivity (Wildman–Crippen MR) is 176 cm³/mol. The van der Waals surface area contributed by atoms with Gasteiger partial charge in [0, 0.05) is 24.5 Å². The number of anilines is 1. The Morgan fingerprint density at radius 2 is 1.50 bits per heavy atom. The van der Waals surface area contributed by atoms with E-state index in [1.54, 1.807) is 67.6 Å². The minimum absolute atomic E-state index is 0.0582. The number of halogens is 1. The van der Waals surface area contributed by atoms with Crippen LogP contribution in [-0.2, 0) is 32.6 Å². The predicted octanol–water partition coefficient (Wildman–Crippen LogP) is 6.32. The Balaban J connectivity index is 1.80. The zero-order valence-corrected chi connectivity index (χ0v) is 26.8. The van der Waals surface area contributed by atoms with Crippen LogP contribution in [0.4, 0.5) is 5.69 Å². The van der Waals surface area contributed by atoms with Crippen molar-refractivity contribution >= 4 is 39.1 Å². The van der Waals surface area contributed by atoms with E-state index in [0.717, 1.165) is 27.4 Å². The third-order valence-electron chi connectivity index (χ3n) is 7.33. The number of hydrogen-bond acceptors (Lipinski definition) is 4. The first-order chi connectivity index (χ1) is 21.1. The Hall–Kier alpha value is -4.14. The van der Waals surface area contributed by atoms with Crippen LogP contribution in [0.1, 0.15) is 35.6 Å². The zero-order chi connectivity index (χ0) is 31.7. The summed E-state index contributed by atoms with van der Waals surface area (Å²) in [6.45, 7) is 5.63. The number of aryl methyl sites for hydroxylation is 2. The van der Waals surface area contributed by atoms with Crippen molar-refractivity contribution in [2.45, 2.75) is 51.1 Å². The van der Waals surface area contributed by atoms with Crippen LogP contribution in [0.2, 0.25) is 5.02 Å². The number of nitrogens with zero attached hydrogens (tertiary/aromatic N) is 2. The van der Waals surface area contributed by atoms with E-state index in [1.165, 1.54) is 4.90 Å². The maximum absolute atomic E-state index is 14.5. The van der Waals surface area contributed by atoms with Gasteiger partial charge in [0.15, 0.2) is 0 Å².